The number of methoxy groups -OCH3 is 1. The van der Waals surface area contributed by atoms with Gasteiger partial charge < -0.3 is 20.5 Å². The van der Waals surface area contributed by atoms with Gasteiger partial charge in [0.05, 0.1) is 29.9 Å². The number of nitriles is 1. The molecule has 1 heterocycles. The van der Waals surface area contributed by atoms with Crippen LogP contribution in [0, 0.1) is 17.2 Å². The molecule has 2 aromatic carbocycles. The highest BCUT2D eigenvalue weighted by molar-refractivity contribution is 5.89. The zero-order chi connectivity index (χ0) is 20.7. The van der Waals surface area contributed by atoms with Gasteiger partial charge in [-0.1, -0.05) is 12.1 Å². The highest BCUT2D eigenvalue weighted by atomic mass is 16.5. The van der Waals surface area contributed by atoms with Crippen molar-refractivity contribution in [3.63, 3.8) is 0 Å². The van der Waals surface area contributed by atoms with E-state index in [1.807, 2.05) is 36.4 Å². The van der Waals surface area contributed by atoms with Crippen molar-refractivity contribution in [1.82, 2.24) is 5.32 Å². The van der Waals surface area contributed by atoms with Crippen molar-refractivity contribution in [3.05, 3.63) is 65.2 Å². The van der Waals surface area contributed by atoms with Crippen LogP contribution < -0.4 is 10.6 Å². The lowest BCUT2D eigenvalue weighted by Crippen LogP contribution is -2.50. The van der Waals surface area contributed by atoms with Gasteiger partial charge in [0.1, 0.15) is 0 Å². The maximum absolute atomic E-state index is 11.6. The summed E-state index contributed by atoms with van der Waals surface area (Å²) in [5.41, 5.74) is 2.38. The monoisotopic (exact) mass is 393 g/mol. The van der Waals surface area contributed by atoms with Crippen molar-refractivity contribution < 1.29 is 14.6 Å². The number of ether oxygens (including phenoxy) is 1. The third-order valence-corrected chi connectivity index (χ3v) is 5.65. The molecule has 6 heteroatoms. The molecule has 1 saturated heterocycles. The van der Waals surface area contributed by atoms with Crippen LogP contribution in [0.5, 0.6) is 0 Å². The van der Waals surface area contributed by atoms with Gasteiger partial charge in [-0.3, -0.25) is 0 Å². The summed E-state index contributed by atoms with van der Waals surface area (Å²) in [5, 5.41) is 27.0. The quantitative estimate of drug-likeness (QED) is 0.626. The van der Waals surface area contributed by atoms with E-state index in [-0.39, 0.29) is 11.9 Å². The fourth-order valence-corrected chi connectivity index (χ4v) is 3.80. The maximum atomic E-state index is 11.6. The SMILES string of the molecule is COC(=O)c1ccc(NCC(Cc2ccc(C#N)cc2)C2(O)CCNCC2)cc1. The zero-order valence-electron chi connectivity index (χ0n) is 16.6. The first-order chi connectivity index (χ1) is 14.0. The van der Waals surface area contributed by atoms with E-state index >= 15 is 0 Å². The summed E-state index contributed by atoms with van der Waals surface area (Å²) in [6.07, 6.45) is 2.13. The average molecular weight is 393 g/mol. The van der Waals surface area contributed by atoms with E-state index in [4.69, 9.17) is 10.00 Å². The summed E-state index contributed by atoms with van der Waals surface area (Å²) < 4.78 is 4.73. The first-order valence-corrected chi connectivity index (χ1v) is 9.88. The first kappa shape index (κ1) is 20.8. The second-order valence-corrected chi connectivity index (χ2v) is 7.51. The van der Waals surface area contributed by atoms with Crippen LogP contribution in [0.15, 0.2) is 48.5 Å². The number of carbonyl (C=O) groups excluding carboxylic acids is 1. The maximum Gasteiger partial charge on any atom is 0.337 e. The number of anilines is 1. The highest BCUT2D eigenvalue weighted by Gasteiger charge is 2.37. The highest BCUT2D eigenvalue weighted by Crippen LogP contribution is 2.31. The van der Waals surface area contributed by atoms with Crippen LogP contribution in [-0.2, 0) is 11.2 Å². The van der Waals surface area contributed by atoms with Crippen molar-refractivity contribution in [2.45, 2.75) is 24.9 Å². The number of aliphatic hydroxyl groups is 1. The van der Waals surface area contributed by atoms with Gasteiger partial charge in [0.15, 0.2) is 0 Å². The van der Waals surface area contributed by atoms with Crippen molar-refractivity contribution in [2.75, 3.05) is 32.1 Å². The summed E-state index contributed by atoms with van der Waals surface area (Å²) in [4.78, 5) is 11.6. The van der Waals surface area contributed by atoms with Crippen LogP contribution in [0.4, 0.5) is 5.69 Å². The summed E-state index contributed by atoms with van der Waals surface area (Å²) >= 11 is 0. The predicted molar refractivity (Wildman–Crippen MR) is 112 cm³/mol. The molecular formula is C23H27N3O3. The fourth-order valence-electron chi connectivity index (χ4n) is 3.80. The van der Waals surface area contributed by atoms with Gasteiger partial charge in [0, 0.05) is 18.2 Å². The minimum Gasteiger partial charge on any atom is -0.465 e. The lowest BCUT2D eigenvalue weighted by molar-refractivity contribution is -0.0391. The minimum absolute atomic E-state index is 0.0119. The molecule has 6 nitrogen and oxygen atoms in total. The van der Waals surface area contributed by atoms with Gasteiger partial charge in [-0.05, 0) is 74.3 Å². The second-order valence-electron chi connectivity index (χ2n) is 7.51. The molecule has 1 unspecified atom stereocenters. The number of esters is 1. The van der Waals surface area contributed by atoms with Gasteiger partial charge in [0.2, 0.25) is 0 Å². The standard InChI is InChI=1S/C23H27N3O3/c1-29-22(27)19-6-8-21(9-7-19)26-16-20(23(28)10-12-25-13-11-23)14-17-2-4-18(15-24)5-3-17/h2-9,20,25-26,28H,10-14,16H2,1H3. The van der Waals surface area contributed by atoms with E-state index in [9.17, 15) is 9.90 Å². The number of nitrogens with one attached hydrogen (secondary N) is 2. The van der Waals surface area contributed by atoms with E-state index in [1.54, 1.807) is 12.1 Å². The zero-order valence-corrected chi connectivity index (χ0v) is 16.6. The molecular weight excluding hydrogens is 366 g/mol. The number of piperidine rings is 1. The van der Waals surface area contributed by atoms with Crippen molar-refractivity contribution in [1.29, 1.82) is 5.26 Å². The molecule has 1 fully saturated rings. The molecule has 0 aromatic heterocycles. The normalized spacial score (nSPS) is 16.4. The van der Waals surface area contributed by atoms with Gasteiger partial charge in [-0.25, -0.2) is 4.79 Å². The lowest BCUT2D eigenvalue weighted by atomic mass is 9.76. The van der Waals surface area contributed by atoms with E-state index < -0.39 is 5.60 Å². The molecule has 2 aromatic rings. The predicted octanol–water partition coefficient (Wildman–Crippen LogP) is 2.73. The van der Waals surface area contributed by atoms with Gasteiger partial charge in [-0.2, -0.15) is 5.26 Å². The third-order valence-electron chi connectivity index (χ3n) is 5.65. The Balaban J connectivity index is 1.72. The van der Waals surface area contributed by atoms with E-state index in [0.717, 1.165) is 30.8 Å². The molecule has 0 saturated carbocycles. The molecule has 1 atom stereocenters. The molecule has 3 rings (SSSR count). The average Bonchev–Trinajstić information content (AvgIpc) is 2.77. The Kier molecular flexibility index (Phi) is 6.86. The number of hydrogen-bond acceptors (Lipinski definition) is 6. The largest absolute Gasteiger partial charge is 0.465 e. The number of rotatable bonds is 7. The molecule has 3 N–H and O–H groups in total. The summed E-state index contributed by atoms with van der Waals surface area (Å²) in [6.45, 7) is 2.20. The van der Waals surface area contributed by atoms with Crippen molar-refractivity contribution >= 4 is 11.7 Å². The molecule has 29 heavy (non-hydrogen) atoms. The Morgan fingerprint density at radius 2 is 1.86 bits per heavy atom. The summed E-state index contributed by atoms with van der Waals surface area (Å²) in [7, 11) is 1.36. The molecule has 1 aliphatic heterocycles. The van der Waals surface area contributed by atoms with Crippen LogP contribution in [0.25, 0.3) is 0 Å². The van der Waals surface area contributed by atoms with Crippen molar-refractivity contribution in [3.8, 4) is 6.07 Å². The van der Waals surface area contributed by atoms with E-state index in [1.165, 1.54) is 7.11 Å². The molecule has 0 bridgehead atoms. The Morgan fingerprint density at radius 3 is 2.45 bits per heavy atom. The fraction of sp³-hybridized carbons (Fsp3) is 0.391. The van der Waals surface area contributed by atoms with E-state index in [2.05, 4.69) is 16.7 Å². The molecule has 0 spiro atoms. The van der Waals surface area contributed by atoms with Crippen LogP contribution in [0.3, 0.4) is 0 Å². The molecule has 0 radical (unpaired) electrons. The van der Waals surface area contributed by atoms with Crippen molar-refractivity contribution in [2.24, 2.45) is 5.92 Å². The second kappa shape index (κ2) is 9.55. The smallest absolute Gasteiger partial charge is 0.337 e. The number of nitrogens with zero attached hydrogens (tertiary/aromatic N) is 1. The van der Waals surface area contributed by atoms with Crippen LogP contribution in [-0.4, -0.2) is 43.4 Å². The van der Waals surface area contributed by atoms with Gasteiger partial charge >= 0.3 is 5.97 Å². The topological polar surface area (TPSA) is 94.4 Å². The molecule has 152 valence electrons. The van der Waals surface area contributed by atoms with Crippen LogP contribution >= 0.6 is 0 Å². The Morgan fingerprint density at radius 1 is 1.21 bits per heavy atom. The molecule has 1 aliphatic rings. The molecule has 0 aliphatic carbocycles. The first-order valence-electron chi connectivity index (χ1n) is 9.88. The van der Waals surface area contributed by atoms with Crippen LogP contribution in [0.2, 0.25) is 0 Å². The number of benzene rings is 2. The van der Waals surface area contributed by atoms with Gasteiger partial charge in [0.25, 0.3) is 0 Å². The molecule has 0 amide bonds. The number of hydrogen-bond donors (Lipinski definition) is 3. The minimum atomic E-state index is -0.752. The Hall–Kier alpha value is -2.88. The van der Waals surface area contributed by atoms with E-state index in [0.29, 0.717) is 30.5 Å². The van der Waals surface area contributed by atoms with Crippen LogP contribution in [0.1, 0.15) is 34.3 Å². The summed E-state index contributed by atoms with van der Waals surface area (Å²) in [6, 6.07) is 16.8. The van der Waals surface area contributed by atoms with Gasteiger partial charge in [-0.15, -0.1) is 0 Å². The number of carbonyl (C=O) groups is 1. The summed E-state index contributed by atoms with van der Waals surface area (Å²) in [5.74, 6) is -0.350. The Bertz CT molecular complexity index is 850. The third kappa shape index (κ3) is 5.35. The lowest BCUT2D eigenvalue weighted by Gasteiger charge is -2.40. The Labute approximate surface area is 171 Å².